The summed E-state index contributed by atoms with van der Waals surface area (Å²) in [6.07, 6.45) is 0.313. The van der Waals surface area contributed by atoms with Gasteiger partial charge < -0.3 is 20.1 Å². The lowest BCUT2D eigenvalue weighted by atomic mass is 10.1. The Morgan fingerprint density at radius 3 is 2.32 bits per heavy atom. The highest BCUT2D eigenvalue weighted by molar-refractivity contribution is 6.30. The predicted molar refractivity (Wildman–Crippen MR) is 96.1 cm³/mol. The minimum absolute atomic E-state index is 0.0984. The number of hydrogen-bond donors (Lipinski definition) is 2. The standard InChI is InChI=1S/C18H17ClN2O4/c1-2-15(22)13-9-16-17(25-8-7-24-16)10-14(13)21-18(23)20-12-5-3-11(19)4-6-12/h3-6,9-10H,2,7-8H2,1H3,(H2,20,21,23). The van der Waals surface area contributed by atoms with Gasteiger partial charge in [0.25, 0.3) is 0 Å². The van der Waals surface area contributed by atoms with Crippen molar-refractivity contribution < 1.29 is 19.1 Å². The summed E-state index contributed by atoms with van der Waals surface area (Å²) in [5.41, 5.74) is 1.35. The Labute approximate surface area is 150 Å². The number of urea groups is 1. The first-order valence-electron chi connectivity index (χ1n) is 7.87. The van der Waals surface area contributed by atoms with Crippen LogP contribution in [0, 0.1) is 0 Å². The van der Waals surface area contributed by atoms with Gasteiger partial charge in [0, 0.05) is 28.8 Å². The lowest BCUT2D eigenvalue weighted by Crippen LogP contribution is -2.22. The van der Waals surface area contributed by atoms with Gasteiger partial charge in [-0.2, -0.15) is 0 Å². The quantitative estimate of drug-likeness (QED) is 0.795. The number of carbonyl (C=O) groups is 2. The number of benzene rings is 2. The number of Topliss-reactive ketones (excluding diaryl/α,β-unsaturated/α-hetero) is 1. The number of nitrogens with one attached hydrogen (secondary N) is 2. The molecule has 130 valence electrons. The van der Waals surface area contributed by atoms with Crippen molar-refractivity contribution in [1.82, 2.24) is 0 Å². The first kappa shape index (κ1) is 17.1. The fourth-order valence-corrected chi connectivity index (χ4v) is 2.56. The van der Waals surface area contributed by atoms with E-state index in [9.17, 15) is 9.59 Å². The van der Waals surface area contributed by atoms with E-state index in [1.807, 2.05) is 0 Å². The minimum atomic E-state index is -0.468. The van der Waals surface area contributed by atoms with E-state index in [1.54, 1.807) is 43.3 Å². The maximum atomic E-state index is 12.3. The second-order valence-corrected chi connectivity index (χ2v) is 5.84. The molecule has 0 radical (unpaired) electrons. The molecule has 7 heteroatoms. The summed E-state index contributed by atoms with van der Waals surface area (Å²) in [5, 5.41) is 5.97. The highest BCUT2D eigenvalue weighted by Gasteiger charge is 2.20. The van der Waals surface area contributed by atoms with Crippen molar-refractivity contribution in [2.45, 2.75) is 13.3 Å². The minimum Gasteiger partial charge on any atom is -0.486 e. The number of ether oxygens (including phenoxy) is 2. The van der Waals surface area contributed by atoms with Gasteiger partial charge >= 0.3 is 6.03 Å². The lowest BCUT2D eigenvalue weighted by Gasteiger charge is -2.21. The van der Waals surface area contributed by atoms with Gasteiger partial charge in [-0.05, 0) is 30.3 Å². The zero-order valence-corrected chi connectivity index (χ0v) is 14.4. The number of amides is 2. The van der Waals surface area contributed by atoms with Crippen LogP contribution in [0.25, 0.3) is 0 Å². The van der Waals surface area contributed by atoms with Gasteiger partial charge in [-0.3, -0.25) is 4.79 Å². The van der Waals surface area contributed by atoms with Crippen LogP contribution in [-0.2, 0) is 0 Å². The van der Waals surface area contributed by atoms with E-state index in [-0.39, 0.29) is 5.78 Å². The molecule has 2 N–H and O–H groups in total. The highest BCUT2D eigenvalue weighted by Crippen LogP contribution is 2.36. The number of rotatable bonds is 4. The molecule has 0 bridgehead atoms. The second kappa shape index (κ2) is 7.44. The largest absolute Gasteiger partial charge is 0.486 e. The molecule has 1 heterocycles. The van der Waals surface area contributed by atoms with Crippen molar-refractivity contribution in [1.29, 1.82) is 0 Å². The van der Waals surface area contributed by atoms with Crippen LogP contribution >= 0.6 is 11.6 Å². The van der Waals surface area contributed by atoms with Crippen molar-refractivity contribution in [2.24, 2.45) is 0 Å². The van der Waals surface area contributed by atoms with Gasteiger partial charge in [-0.15, -0.1) is 0 Å². The fraction of sp³-hybridized carbons (Fsp3) is 0.222. The summed E-state index contributed by atoms with van der Waals surface area (Å²) in [7, 11) is 0. The van der Waals surface area contributed by atoms with E-state index < -0.39 is 6.03 Å². The number of anilines is 2. The van der Waals surface area contributed by atoms with Gasteiger partial charge in [0.15, 0.2) is 17.3 Å². The molecule has 0 fully saturated rings. The summed E-state index contributed by atoms with van der Waals surface area (Å²) in [6, 6.07) is 9.47. The van der Waals surface area contributed by atoms with Crippen LogP contribution in [-0.4, -0.2) is 25.0 Å². The number of fused-ring (bicyclic) bond motifs is 1. The molecule has 0 aliphatic carbocycles. The summed E-state index contributed by atoms with van der Waals surface area (Å²) >= 11 is 5.83. The van der Waals surface area contributed by atoms with Crippen molar-refractivity contribution in [3.63, 3.8) is 0 Å². The van der Waals surface area contributed by atoms with E-state index in [2.05, 4.69) is 10.6 Å². The fourth-order valence-electron chi connectivity index (χ4n) is 2.43. The average molecular weight is 361 g/mol. The monoisotopic (exact) mass is 360 g/mol. The molecule has 0 atom stereocenters. The summed E-state index contributed by atoms with van der Waals surface area (Å²) < 4.78 is 11.0. The van der Waals surface area contributed by atoms with Crippen LogP contribution in [0.3, 0.4) is 0 Å². The number of carbonyl (C=O) groups excluding carboxylic acids is 2. The third kappa shape index (κ3) is 4.03. The second-order valence-electron chi connectivity index (χ2n) is 5.40. The lowest BCUT2D eigenvalue weighted by molar-refractivity contribution is 0.0988. The first-order valence-corrected chi connectivity index (χ1v) is 8.25. The molecule has 0 aromatic heterocycles. The molecule has 1 aliphatic rings. The topological polar surface area (TPSA) is 76.7 Å². The summed E-state index contributed by atoms with van der Waals surface area (Å²) in [4.78, 5) is 24.5. The van der Waals surface area contributed by atoms with E-state index in [4.69, 9.17) is 21.1 Å². The summed E-state index contributed by atoms with van der Waals surface area (Å²) in [5.74, 6) is 0.908. The van der Waals surface area contributed by atoms with E-state index in [1.165, 1.54) is 0 Å². The normalized spacial score (nSPS) is 12.4. The Hall–Kier alpha value is -2.73. The summed E-state index contributed by atoms with van der Waals surface area (Å²) in [6.45, 7) is 2.61. The number of hydrogen-bond acceptors (Lipinski definition) is 4. The van der Waals surface area contributed by atoms with Crippen molar-refractivity contribution in [2.75, 3.05) is 23.8 Å². The molecule has 6 nitrogen and oxygen atoms in total. The van der Waals surface area contributed by atoms with E-state index >= 15 is 0 Å². The molecule has 0 saturated heterocycles. The average Bonchev–Trinajstić information content (AvgIpc) is 2.62. The van der Waals surface area contributed by atoms with E-state index in [0.717, 1.165) is 0 Å². The third-order valence-electron chi connectivity index (χ3n) is 3.65. The smallest absolute Gasteiger partial charge is 0.323 e. The van der Waals surface area contributed by atoms with Crippen molar-refractivity contribution in [3.8, 4) is 11.5 Å². The SMILES string of the molecule is CCC(=O)c1cc2c(cc1NC(=O)Nc1ccc(Cl)cc1)OCCO2. The van der Waals surface area contributed by atoms with Gasteiger partial charge in [0.05, 0.1) is 5.69 Å². The highest BCUT2D eigenvalue weighted by atomic mass is 35.5. The molecular formula is C18H17ClN2O4. The Balaban J connectivity index is 1.83. The molecule has 0 spiro atoms. The zero-order valence-electron chi connectivity index (χ0n) is 13.6. The predicted octanol–water partition coefficient (Wildman–Crippen LogP) is 4.35. The Morgan fingerprint density at radius 1 is 1.04 bits per heavy atom. The molecule has 2 aromatic rings. The van der Waals surface area contributed by atoms with Gasteiger partial charge in [-0.1, -0.05) is 18.5 Å². The molecule has 0 saturated carbocycles. The van der Waals surface area contributed by atoms with Crippen LogP contribution < -0.4 is 20.1 Å². The number of halogens is 1. The van der Waals surface area contributed by atoms with Crippen LogP contribution in [0.4, 0.5) is 16.2 Å². The molecule has 3 rings (SSSR count). The molecular weight excluding hydrogens is 344 g/mol. The van der Waals surface area contributed by atoms with Crippen LogP contribution in [0.15, 0.2) is 36.4 Å². The molecule has 25 heavy (non-hydrogen) atoms. The maximum absolute atomic E-state index is 12.3. The van der Waals surface area contributed by atoms with Gasteiger partial charge in [0.1, 0.15) is 13.2 Å². The van der Waals surface area contributed by atoms with Crippen molar-refractivity contribution >= 4 is 34.8 Å². The van der Waals surface area contributed by atoms with Crippen LogP contribution in [0.2, 0.25) is 5.02 Å². The van der Waals surface area contributed by atoms with Gasteiger partial charge in [-0.25, -0.2) is 4.79 Å². The Bertz CT molecular complexity index is 805. The van der Waals surface area contributed by atoms with Gasteiger partial charge in [0.2, 0.25) is 0 Å². The zero-order chi connectivity index (χ0) is 17.8. The number of ketones is 1. The Morgan fingerprint density at radius 2 is 1.68 bits per heavy atom. The first-order chi connectivity index (χ1) is 12.1. The van der Waals surface area contributed by atoms with Crippen molar-refractivity contribution in [3.05, 3.63) is 47.0 Å². The maximum Gasteiger partial charge on any atom is 0.323 e. The molecule has 2 amide bonds. The van der Waals surface area contributed by atoms with E-state index in [0.29, 0.717) is 53.1 Å². The molecule has 1 aliphatic heterocycles. The van der Waals surface area contributed by atoms with Crippen LogP contribution in [0.5, 0.6) is 11.5 Å². The molecule has 0 unspecified atom stereocenters. The Kier molecular flexibility index (Phi) is 5.09. The third-order valence-corrected chi connectivity index (χ3v) is 3.91. The molecule has 2 aromatic carbocycles. The van der Waals surface area contributed by atoms with Crippen LogP contribution in [0.1, 0.15) is 23.7 Å².